The first-order chi connectivity index (χ1) is 9.70. The van der Waals surface area contributed by atoms with Gasteiger partial charge < -0.3 is 14.9 Å². The summed E-state index contributed by atoms with van der Waals surface area (Å²) >= 11 is 0. The van der Waals surface area contributed by atoms with E-state index in [1.807, 2.05) is 0 Å². The Kier molecular flexibility index (Phi) is 55.0. The number of aliphatic hydroxyl groups is 2. The molecule has 0 unspecified atom stereocenters. The first-order valence-corrected chi connectivity index (χ1v) is 5.03. The van der Waals surface area contributed by atoms with Crippen molar-refractivity contribution in [2.24, 2.45) is 0 Å². The number of ether oxygens (including phenoxy) is 1. The Bertz CT molecular complexity index is 304. The first kappa shape index (κ1) is 31.8. The molecule has 0 aromatic carbocycles. The Morgan fingerprint density at radius 2 is 1.67 bits per heavy atom. The smallest absolute Gasteiger partial charge is 0 e. The summed E-state index contributed by atoms with van der Waals surface area (Å²) < 4.78 is 26.9. The van der Waals surface area contributed by atoms with Crippen molar-refractivity contribution in [2.45, 2.75) is 18.9 Å². The van der Waals surface area contributed by atoms with Gasteiger partial charge in [0.1, 0.15) is 0 Å². The molecular weight excluding hydrogens is 324 g/mol. The van der Waals surface area contributed by atoms with Gasteiger partial charge in [-0.1, -0.05) is 18.2 Å². The average Bonchev–Trinajstić information content (AvgIpc) is 2.55. The number of rotatable bonds is 6. The molecule has 118 valence electrons. The van der Waals surface area contributed by atoms with Gasteiger partial charge in [0.2, 0.25) is 0 Å². The molecule has 0 aromatic rings. The van der Waals surface area contributed by atoms with Crippen LogP contribution < -0.4 is 0 Å². The molecule has 0 amide bonds. The van der Waals surface area contributed by atoms with Crippen molar-refractivity contribution in [2.75, 3.05) is 13.7 Å². The molecule has 0 bridgehead atoms. The molecule has 0 aromatic heterocycles. The van der Waals surface area contributed by atoms with Crippen molar-refractivity contribution in [1.82, 2.24) is 0 Å². The maximum absolute atomic E-state index is 10.6. The molecule has 1 atom stereocenters. The van der Waals surface area contributed by atoms with Crippen LogP contribution in [0.25, 0.3) is 0 Å². The van der Waals surface area contributed by atoms with E-state index in [4.69, 9.17) is 19.1 Å². The van der Waals surface area contributed by atoms with Crippen LogP contribution in [0.5, 0.6) is 0 Å². The molecule has 0 fully saturated rings. The van der Waals surface area contributed by atoms with E-state index < -0.39 is 12.1 Å². The van der Waals surface area contributed by atoms with E-state index in [1.165, 1.54) is 19.3 Å². The fourth-order valence-electron chi connectivity index (χ4n) is 0.791. The second-order valence-corrected chi connectivity index (χ2v) is 2.70. The minimum absolute atomic E-state index is 0. The summed E-state index contributed by atoms with van der Waals surface area (Å²) in [6.45, 7) is 13.6. The third-order valence-electron chi connectivity index (χ3n) is 1.54. The standard InChI is InChI=1S/C10H16O4.3CO.Fe/c1-14-10(13)7-3-2-5-9(12)6-4-8-11;3*1-2;/h2-3,5,7,9,11-12H,4,6,8H2,1H3;;;;/b5-2+,7-3+;;;;/t9-;;;;/m1..../s1. The van der Waals surface area contributed by atoms with Crippen LogP contribution in [0.3, 0.4) is 0 Å². The fraction of sp³-hybridized carbons (Fsp3) is 0.385. The molecule has 21 heavy (non-hydrogen) atoms. The van der Waals surface area contributed by atoms with Crippen molar-refractivity contribution in [3.63, 3.8) is 0 Å². The minimum atomic E-state index is -0.579. The van der Waals surface area contributed by atoms with Crippen molar-refractivity contribution in [3.8, 4) is 0 Å². The second-order valence-electron chi connectivity index (χ2n) is 2.70. The van der Waals surface area contributed by atoms with Crippen molar-refractivity contribution in [3.05, 3.63) is 44.3 Å². The Labute approximate surface area is 134 Å². The Balaban J connectivity index is -0.000000107. The molecule has 7 nitrogen and oxygen atoms in total. The maximum Gasteiger partial charge on any atom is 0 e. The summed E-state index contributed by atoms with van der Waals surface area (Å²) in [5, 5.41) is 17.7. The van der Waals surface area contributed by atoms with Crippen LogP contribution in [-0.2, 0) is 40.6 Å². The molecule has 2 N–H and O–H groups in total. The monoisotopic (exact) mass is 340 g/mol. The Morgan fingerprint density at radius 3 is 2.05 bits per heavy atom. The van der Waals surface area contributed by atoms with Gasteiger partial charge in [0.25, 0.3) is 0 Å². The van der Waals surface area contributed by atoms with Gasteiger partial charge in [-0.2, -0.15) is 0 Å². The summed E-state index contributed by atoms with van der Waals surface area (Å²) in [5.41, 5.74) is 0. The van der Waals surface area contributed by atoms with E-state index in [9.17, 15) is 9.90 Å². The Hall–Kier alpha value is -1.39. The fourth-order valence-corrected chi connectivity index (χ4v) is 0.791. The number of esters is 1. The molecule has 0 saturated carbocycles. The molecule has 8 heteroatoms. The summed E-state index contributed by atoms with van der Waals surface area (Å²) in [6.07, 6.45) is 6.37. The SMILES string of the molecule is COC(=O)/C=C/C=C/[C@@H](O)CCCO.[C-]#[O+].[C-]#[O+].[C-]#[O+].[Fe]. The quantitative estimate of drug-likeness (QED) is 0.180. The number of hydrogen-bond donors (Lipinski definition) is 2. The summed E-state index contributed by atoms with van der Waals surface area (Å²) in [5.74, 6) is -0.431. The molecule has 0 aliphatic carbocycles. The molecule has 0 spiro atoms. The first-order valence-electron chi connectivity index (χ1n) is 5.03. The molecule has 0 aliphatic heterocycles. The van der Waals surface area contributed by atoms with Gasteiger partial charge in [-0.05, 0) is 12.8 Å². The number of carbonyl (C=O) groups is 1. The zero-order chi connectivity index (χ0) is 16.8. The minimum Gasteiger partial charge on any atom is 0 e. The van der Waals surface area contributed by atoms with Crippen LogP contribution in [0, 0.1) is 20.0 Å². The average molecular weight is 340 g/mol. The van der Waals surface area contributed by atoms with Gasteiger partial charge in [-0.15, -0.1) is 0 Å². The molecule has 0 radical (unpaired) electrons. The van der Waals surface area contributed by atoms with Crippen LogP contribution in [0.2, 0.25) is 0 Å². The predicted molar refractivity (Wildman–Crippen MR) is 64.4 cm³/mol. The van der Waals surface area contributed by atoms with Crippen LogP contribution in [-0.4, -0.2) is 36.0 Å². The normalized spacial score (nSPS) is 9.38. The van der Waals surface area contributed by atoms with E-state index in [-0.39, 0.29) is 23.7 Å². The maximum atomic E-state index is 10.6. The Morgan fingerprint density at radius 1 is 1.19 bits per heavy atom. The molecule has 0 aliphatic rings. The predicted octanol–water partition coefficient (Wildman–Crippen LogP) is 0.290. The van der Waals surface area contributed by atoms with E-state index in [0.717, 1.165) is 0 Å². The molecule has 0 saturated heterocycles. The number of allylic oxidation sites excluding steroid dienone is 2. The molecule has 0 rings (SSSR count). The van der Waals surface area contributed by atoms with Crippen LogP contribution in [0.4, 0.5) is 0 Å². The van der Waals surface area contributed by atoms with Gasteiger partial charge in [0, 0.05) is 29.8 Å². The van der Waals surface area contributed by atoms with Gasteiger partial charge >= 0.3 is 39.9 Å². The van der Waals surface area contributed by atoms with Crippen molar-refractivity contribution >= 4 is 5.97 Å². The molecule has 0 heterocycles. The summed E-state index contributed by atoms with van der Waals surface area (Å²) in [6, 6.07) is 0. The largest absolute Gasteiger partial charge is 0 e. The van der Waals surface area contributed by atoms with Gasteiger partial charge in [0.15, 0.2) is 0 Å². The van der Waals surface area contributed by atoms with E-state index in [1.54, 1.807) is 12.2 Å². The van der Waals surface area contributed by atoms with Gasteiger partial charge in [0.05, 0.1) is 13.2 Å². The van der Waals surface area contributed by atoms with Gasteiger partial charge in [-0.25, -0.2) is 4.79 Å². The zero-order valence-corrected chi connectivity index (χ0v) is 12.4. The van der Waals surface area contributed by atoms with E-state index in [0.29, 0.717) is 12.8 Å². The molecular formula is C13H16FeO7. The number of hydrogen-bond acceptors (Lipinski definition) is 4. The topological polar surface area (TPSA) is 126 Å². The third-order valence-corrected chi connectivity index (χ3v) is 1.54. The summed E-state index contributed by atoms with van der Waals surface area (Å²) in [7, 11) is 1.30. The second kappa shape index (κ2) is 36.3. The number of carbonyl (C=O) groups excluding carboxylic acids is 1. The van der Waals surface area contributed by atoms with Crippen LogP contribution >= 0.6 is 0 Å². The summed E-state index contributed by atoms with van der Waals surface area (Å²) in [4.78, 5) is 10.6. The van der Waals surface area contributed by atoms with Crippen molar-refractivity contribution < 1.29 is 50.8 Å². The number of methoxy groups -OCH3 is 1. The zero-order valence-electron chi connectivity index (χ0n) is 11.3. The van der Waals surface area contributed by atoms with Crippen molar-refractivity contribution in [1.29, 1.82) is 0 Å². The van der Waals surface area contributed by atoms with Crippen LogP contribution in [0.15, 0.2) is 24.3 Å². The van der Waals surface area contributed by atoms with Crippen LogP contribution in [0.1, 0.15) is 12.8 Å². The van der Waals surface area contributed by atoms with E-state index >= 15 is 0 Å². The number of aliphatic hydroxyl groups excluding tert-OH is 2. The van der Waals surface area contributed by atoms with Gasteiger partial charge in [-0.3, -0.25) is 0 Å². The van der Waals surface area contributed by atoms with E-state index in [2.05, 4.69) is 24.7 Å². The third kappa shape index (κ3) is 38.1.